The summed E-state index contributed by atoms with van der Waals surface area (Å²) in [6, 6.07) is 9.57. The first-order chi connectivity index (χ1) is 8.62. The normalized spacial score (nSPS) is 30.8. The average Bonchev–Trinajstić information content (AvgIpc) is 2.90. The highest BCUT2D eigenvalue weighted by Crippen LogP contribution is 2.44. The molecule has 2 fully saturated rings. The van der Waals surface area contributed by atoms with E-state index in [2.05, 4.69) is 4.72 Å². The number of sulfonamides is 1. The van der Waals surface area contributed by atoms with Crippen LogP contribution in [0.15, 0.2) is 30.3 Å². The number of hydrogen-bond acceptors (Lipinski definition) is 2. The molecule has 0 aliphatic heterocycles. The Labute approximate surface area is 109 Å². The van der Waals surface area contributed by atoms with Crippen LogP contribution in [0.5, 0.6) is 0 Å². The van der Waals surface area contributed by atoms with Crippen LogP contribution in [0.25, 0.3) is 0 Å². The summed E-state index contributed by atoms with van der Waals surface area (Å²) >= 11 is 0. The van der Waals surface area contributed by atoms with Gasteiger partial charge in [-0.05, 0) is 36.7 Å². The first kappa shape index (κ1) is 12.2. The summed E-state index contributed by atoms with van der Waals surface area (Å²) in [5, 5.41) is 0. The first-order valence-electron chi connectivity index (χ1n) is 6.66. The van der Waals surface area contributed by atoms with Gasteiger partial charge in [-0.2, -0.15) is 0 Å². The summed E-state index contributed by atoms with van der Waals surface area (Å²) in [6.45, 7) is 0. The number of benzene rings is 1. The van der Waals surface area contributed by atoms with Crippen molar-refractivity contribution in [3.8, 4) is 0 Å². The molecule has 98 valence electrons. The summed E-state index contributed by atoms with van der Waals surface area (Å²) < 4.78 is 27.1. The molecular weight excluding hydrogens is 246 g/mol. The van der Waals surface area contributed by atoms with Crippen LogP contribution in [-0.2, 0) is 15.8 Å². The van der Waals surface area contributed by atoms with Gasteiger partial charge in [0.05, 0.1) is 5.75 Å². The van der Waals surface area contributed by atoms with Crippen LogP contribution in [0, 0.1) is 11.8 Å². The third-order valence-electron chi connectivity index (χ3n) is 4.27. The molecule has 1 N–H and O–H groups in total. The fourth-order valence-electron chi connectivity index (χ4n) is 3.46. The monoisotopic (exact) mass is 265 g/mol. The third-order valence-corrected chi connectivity index (χ3v) is 5.64. The molecule has 0 radical (unpaired) electrons. The van der Waals surface area contributed by atoms with E-state index < -0.39 is 10.0 Å². The molecular formula is C14H19NO2S. The van der Waals surface area contributed by atoms with Crippen molar-refractivity contribution in [2.24, 2.45) is 11.8 Å². The number of hydrogen-bond donors (Lipinski definition) is 1. The highest BCUT2D eigenvalue weighted by molar-refractivity contribution is 7.88. The van der Waals surface area contributed by atoms with Gasteiger partial charge in [-0.1, -0.05) is 36.8 Å². The van der Waals surface area contributed by atoms with Gasteiger partial charge in [0, 0.05) is 6.04 Å². The summed E-state index contributed by atoms with van der Waals surface area (Å²) in [4.78, 5) is 0. The first-order valence-corrected chi connectivity index (χ1v) is 8.31. The average molecular weight is 265 g/mol. The number of rotatable bonds is 4. The smallest absolute Gasteiger partial charge is 0.212 e. The lowest BCUT2D eigenvalue weighted by molar-refractivity contribution is 0.390. The second-order valence-corrected chi connectivity index (χ2v) is 7.40. The molecule has 0 spiro atoms. The molecule has 2 bridgehead atoms. The Morgan fingerprint density at radius 1 is 1.11 bits per heavy atom. The highest BCUT2D eigenvalue weighted by atomic mass is 32.2. The molecule has 18 heavy (non-hydrogen) atoms. The lowest BCUT2D eigenvalue weighted by atomic mass is 9.96. The fourth-order valence-corrected chi connectivity index (χ4v) is 4.92. The number of nitrogens with one attached hydrogen (secondary N) is 1. The van der Waals surface area contributed by atoms with E-state index in [-0.39, 0.29) is 11.8 Å². The second-order valence-electron chi connectivity index (χ2n) is 5.64. The lowest BCUT2D eigenvalue weighted by Crippen LogP contribution is -2.39. The molecule has 1 aromatic rings. The number of fused-ring (bicyclic) bond motifs is 2. The van der Waals surface area contributed by atoms with Gasteiger partial charge < -0.3 is 0 Å². The Hall–Kier alpha value is -0.870. The zero-order valence-electron chi connectivity index (χ0n) is 10.4. The minimum Gasteiger partial charge on any atom is -0.212 e. The minimum absolute atomic E-state index is 0.0989. The molecule has 0 unspecified atom stereocenters. The maximum atomic E-state index is 12.1. The van der Waals surface area contributed by atoms with Crippen LogP contribution >= 0.6 is 0 Å². The van der Waals surface area contributed by atoms with E-state index in [4.69, 9.17) is 0 Å². The van der Waals surface area contributed by atoms with Crippen molar-refractivity contribution in [2.75, 3.05) is 0 Å². The molecule has 2 aliphatic carbocycles. The predicted octanol–water partition coefficient (Wildman–Crippen LogP) is 2.29. The Morgan fingerprint density at radius 2 is 1.89 bits per heavy atom. The van der Waals surface area contributed by atoms with Crippen LogP contribution in [0.1, 0.15) is 31.2 Å². The van der Waals surface area contributed by atoms with Crippen molar-refractivity contribution in [1.29, 1.82) is 0 Å². The molecule has 0 saturated heterocycles. The van der Waals surface area contributed by atoms with E-state index in [1.54, 1.807) is 0 Å². The van der Waals surface area contributed by atoms with Gasteiger partial charge in [0.1, 0.15) is 0 Å². The molecule has 0 aromatic heterocycles. The van der Waals surface area contributed by atoms with E-state index in [0.717, 1.165) is 17.9 Å². The van der Waals surface area contributed by atoms with Crippen molar-refractivity contribution in [2.45, 2.75) is 37.5 Å². The van der Waals surface area contributed by atoms with Gasteiger partial charge in [0.2, 0.25) is 10.0 Å². The predicted molar refractivity (Wildman–Crippen MR) is 71.4 cm³/mol. The van der Waals surface area contributed by atoms with Crippen molar-refractivity contribution in [3.63, 3.8) is 0 Å². The molecule has 0 heterocycles. The van der Waals surface area contributed by atoms with Gasteiger partial charge in [-0.3, -0.25) is 0 Å². The van der Waals surface area contributed by atoms with Crippen molar-refractivity contribution in [3.05, 3.63) is 35.9 Å². The van der Waals surface area contributed by atoms with E-state index in [9.17, 15) is 8.42 Å². The van der Waals surface area contributed by atoms with Gasteiger partial charge in [0.15, 0.2) is 0 Å². The van der Waals surface area contributed by atoms with E-state index >= 15 is 0 Å². The molecule has 3 rings (SSSR count). The molecule has 3 atom stereocenters. The highest BCUT2D eigenvalue weighted by Gasteiger charge is 2.40. The van der Waals surface area contributed by atoms with Crippen LogP contribution < -0.4 is 4.72 Å². The van der Waals surface area contributed by atoms with E-state index in [0.29, 0.717) is 5.92 Å². The fraction of sp³-hybridized carbons (Fsp3) is 0.571. The molecule has 2 saturated carbocycles. The van der Waals surface area contributed by atoms with Crippen LogP contribution in [0.2, 0.25) is 0 Å². The summed E-state index contributed by atoms with van der Waals surface area (Å²) in [6.07, 6.45) is 4.75. The Balaban J connectivity index is 1.65. The maximum Gasteiger partial charge on any atom is 0.216 e. The van der Waals surface area contributed by atoms with Crippen molar-refractivity contribution < 1.29 is 8.42 Å². The molecule has 0 amide bonds. The van der Waals surface area contributed by atoms with Crippen LogP contribution in [0.3, 0.4) is 0 Å². The molecule has 4 heteroatoms. The quantitative estimate of drug-likeness (QED) is 0.908. The van der Waals surface area contributed by atoms with Crippen molar-refractivity contribution >= 4 is 10.0 Å². The van der Waals surface area contributed by atoms with Gasteiger partial charge >= 0.3 is 0 Å². The zero-order chi connectivity index (χ0) is 12.6. The molecule has 2 aliphatic rings. The largest absolute Gasteiger partial charge is 0.216 e. The van der Waals surface area contributed by atoms with Crippen LogP contribution in [0.4, 0.5) is 0 Å². The minimum atomic E-state index is -3.19. The lowest BCUT2D eigenvalue weighted by Gasteiger charge is -2.22. The van der Waals surface area contributed by atoms with Gasteiger partial charge in [-0.15, -0.1) is 0 Å². The topological polar surface area (TPSA) is 46.2 Å². The Kier molecular flexibility index (Phi) is 3.16. The van der Waals surface area contributed by atoms with Crippen molar-refractivity contribution in [1.82, 2.24) is 4.72 Å². The Bertz CT molecular complexity index is 512. The molecule has 3 nitrogen and oxygen atoms in total. The molecule has 1 aromatic carbocycles. The van der Waals surface area contributed by atoms with Crippen LogP contribution in [-0.4, -0.2) is 14.5 Å². The van der Waals surface area contributed by atoms with Gasteiger partial charge in [0.25, 0.3) is 0 Å². The summed E-state index contributed by atoms with van der Waals surface area (Å²) in [5.74, 6) is 1.45. The maximum absolute atomic E-state index is 12.1. The standard InChI is InChI=1S/C14H19NO2S/c16-18(17,10-11-4-2-1-3-5-11)15-14-9-12-6-7-13(14)8-12/h1-5,12-15H,6-10H2/t12-,13-,14+/m0/s1. The van der Waals surface area contributed by atoms with E-state index in [1.165, 1.54) is 19.3 Å². The second kappa shape index (κ2) is 4.67. The summed E-state index contributed by atoms with van der Waals surface area (Å²) in [5.41, 5.74) is 0.855. The SMILES string of the molecule is O=S(=O)(Cc1ccccc1)N[C@@H]1C[C@H]2CC[C@H]1C2. The zero-order valence-corrected chi connectivity index (χ0v) is 11.2. The van der Waals surface area contributed by atoms with Gasteiger partial charge in [-0.25, -0.2) is 13.1 Å². The third kappa shape index (κ3) is 2.59. The summed E-state index contributed by atoms with van der Waals surface area (Å²) in [7, 11) is -3.19. The Morgan fingerprint density at radius 3 is 2.50 bits per heavy atom. The van der Waals surface area contributed by atoms with E-state index in [1.807, 2.05) is 30.3 Å².